The maximum atomic E-state index is 5.04. The zero-order chi connectivity index (χ0) is 23.4. The molecule has 7 aromatic rings. The lowest BCUT2D eigenvalue weighted by Gasteiger charge is -2.11. The standard InChI is InChI=1S/C28H20N6S/c1-17-13-18-7-8-19(15-25(18)35-17)26-31-27(30-21-9-10-24-20(14-21)16-29-33-24)23-11-12-34(28(23)32-26)22-5-3-2-4-6-22/h2-16H,1H3,(H,29,33)(H,30,31,32). The molecule has 0 atom stereocenters. The van der Waals surface area contributed by atoms with Crippen LogP contribution in [0.2, 0.25) is 0 Å². The Morgan fingerprint density at radius 2 is 1.80 bits per heavy atom. The largest absolute Gasteiger partial charge is 0.340 e. The summed E-state index contributed by atoms with van der Waals surface area (Å²) in [6, 6.07) is 27.1. The van der Waals surface area contributed by atoms with E-state index in [-0.39, 0.29) is 0 Å². The van der Waals surface area contributed by atoms with Crippen molar-refractivity contribution in [1.29, 1.82) is 0 Å². The zero-order valence-electron chi connectivity index (χ0n) is 18.9. The topological polar surface area (TPSA) is 71.4 Å². The van der Waals surface area contributed by atoms with Gasteiger partial charge in [-0.2, -0.15) is 5.10 Å². The first kappa shape index (κ1) is 19.9. The van der Waals surface area contributed by atoms with Gasteiger partial charge in [0.25, 0.3) is 0 Å². The summed E-state index contributed by atoms with van der Waals surface area (Å²) in [6.45, 7) is 2.14. The van der Waals surface area contributed by atoms with Gasteiger partial charge in [-0.1, -0.05) is 30.3 Å². The Labute approximate surface area is 204 Å². The number of nitrogens with one attached hydrogen (secondary N) is 2. The Hall–Kier alpha value is -4.49. The van der Waals surface area contributed by atoms with Gasteiger partial charge in [0.05, 0.1) is 17.1 Å². The van der Waals surface area contributed by atoms with Crippen LogP contribution in [0.25, 0.3) is 49.1 Å². The van der Waals surface area contributed by atoms with E-state index in [0.717, 1.165) is 44.7 Å². The Morgan fingerprint density at radius 1 is 0.886 bits per heavy atom. The fourth-order valence-electron chi connectivity index (χ4n) is 4.50. The first-order valence-electron chi connectivity index (χ1n) is 11.4. The molecule has 7 heteroatoms. The summed E-state index contributed by atoms with van der Waals surface area (Å²) < 4.78 is 3.35. The maximum absolute atomic E-state index is 5.04. The van der Waals surface area contributed by atoms with Gasteiger partial charge >= 0.3 is 0 Å². The molecule has 0 bridgehead atoms. The minimum Gasteiger partial charge on any atom is -0.340 e. The molecule has 0 aliphatic rings. The van der Waals surface area contributed by atoms with Crippen LogP contribution in [0.1, 0.15) is 4.88 Å². The molecule has 0 unspecified atom stereocenters. The van der Waals surface area contributed by atoms with E-state index >= 15 is 0 Å². The van der Waals surface area contributed by atoms with Gasteiger partial charge in [-0.05, 0) is 60.8 Å². The number of anilines is 2. The summed E-state index contributed by atoms with van der Waals surface area (Å²) in [6.07, 6.45) is 3.88. The summed E-state index contributed by atoms with van der Waals surface area (Å²) in [5.74, 6) is 1.46. The monoisotopic (exact) mass is 472 g/mol. The van der Waals surface area contributed by atoms with Crippen molar-refractivity contribution in [3.8, 4) is 17.1 Å². The fraction of sp³-hybridized carbons (Fsp3) is 0.0357. The van der Waals surface area contributed by atoms with Gasteiger partial charge in [-0.25, -0.2) is 9.97 Å². The second-order valence-corrected chi connectivity index (χ2v) is 9.85. The number of aromatic amines is 1. The molecule has 0 spiro atoms. The number of para-hydroxylation sites is 1. The first-order valence-corrected chi connectivity index (χ1v) is 12.2. The first-order chi connectivity index (χ1) is 17.2. The van der Waals surface area contributed by atoms with E-state index in [9.17, 15) is 0 Å². The van der Waals surface area contributed by atoms with Gasteiger partial charge < -0.3 is 9.88 Å². The lowest BCUT2D eigenvalue weighted by atomic mass is 10.1. The third-order valence-corrected chi connectivity index (χ3v) is 7.20. The summed E-state index contributed by atoms with van der Waals surface area (Å²) in [5.41, 5.74) is 4.86. The second kappa shape index (κ2) is 7.78. The molecule has 4 heterocycles. The second-order valence-electron chi connectivity index (χ2n) is 8.56. The minimum atomic E-state index is 0.688. The fourth-order valence-corrected chi connectivity index (χ4v) is 5.46. The molecule has 2 N–H and O–H groups in total. The molecule has 0 saturated carbocycles. The average molecular weight is 473 g/mol. The molecule has 0 aliphatic carbocycles. The predicted molar refractivity (Wildman–Crippen MR) is 144 cm³/mol. The van der Waals surface area contributed by atoms with E-state index in [2.05, 4.69) is 81.7 Å². The van der Waals surface area contributed by atoms with Crippen LogP contribution in [0.5, 0.6) is 0 Å². The number of aryl methyl sites for hydroxylation is 1. The highest BCUT2D eigenvalue weighted by Crippen LogP contribution is 2.33. The molecule has 6 nitrogen and oxygen atoms in total. The summed E-state index contributed by atoms with van der Waals surface area (Å²) in [5, 5.41) is 13.9. The number of hydrogen-bond donors (Lipinski definition) is 2. The van der Waals surface area contributed by atoms with E-state index in [0.29, 0.717) is 5.82 Å². The maximum Gasteiger partial charge on any atom is 0.164 e. The van der Waals surface area contributed by atoms with Crippen LogP contribution in [0.15, 0.2) is 91.3 Å². The molecular weight excluding hydrogens is 452 g/mol. The number of aromatic nitrogens is 5. The van der Waals surface area contributed by atoms with Crippen LogP contribution < -0.4 is 5.32 Å². The number of benzene rings is 3. The number of nitrogens with zero attached hydrogens (tertiary/aromatic N) is 4. The molecule has 0 amide bonds. The SMILES string of the molecule is Cc1cc2ccc(-c3nc(Nc4ccc5[nH]ncc5c4)c4ccn(-c5ccccc5)c4n3)cc2s1. The van der Waals surface area contributed by atoms with Gasteiger partial charge in [-0.3, -0.25) is 5.10 Å². The van der Waals surface area contributed by atoms with Crippen LogP contribution in [0, 0.1) is 6.92 Å². The van der Waals surface area contributed by atoms with E-state index in [4.69, 9.17) is 9.97 Å². The van der Waals surface area contributed by atoms with Crippen molar-refractivity contribution in [2.45, 2.75) is 6.92 Å². The predicted octanol–water partition coefficient (Wildman–Crippen LogP) is 7.23. The average Bonchev–Trinajstić information content (AvgIpc) is 3.61. The Balaban J connectivity index is 1.42. The molecule has 0 fully saturated rings. The molecule has 0 radical (unpaired) electrons. The van der Waals surface area contributed by atoms with Crippen LogP contribution in [-0.4, -0.2) is 24.7 Å². The summed E-state index contributed by atoms with van der Waals surface area (Å²) in [4.78, 5) is 11.3. The molecule has 168 valence electrons. The molecule has 4 aromatic heterocycles. The van der Waals surface area contributed by atoms with Crippen molar-refractivity contribution >= 4 is 54.9 Å². The molecule has 7 rings (SSSR count). The molecule has 35 heavy (non-hydrogen) atoms. The van der Waals surface area contributed by atoms with Gasteiger partial charge in [0.1, 0.15) is 5.82 Å². The van der Waals surface area contributed by atoms with Gasteiger partial charge in [-0.15, -0.1) is 11.3 Å². The van der Waals surface area contributed by atoms with Crippen molar-refractivity contribution in [3.63, 3.8) is 0 Å². The van der Waals surface area contributed by atoms with Crippen molar-refractivity contribution in [1.82, 2.24) is 24.7 Å². The number of rotatable bonds is 4. The van der Waals surface area contributed by atoms with Crippen molar-refractivity contribution < 1.29 is 0 Å². The van der Waals surface area contributed by atoms with E-state index < -0.39 is 0 Å². The van der Waals surface area contributed by atoms with Gasteiger partial charge in [0.15, 0.2) is 11.5 Å². The number of thiophene rings is 1. The Kier molecular flexibility index (Phi) is 4.43. The summed E-state index contributed by atoms with van der Waals surface area (Å²) >= 11 is 1.79. The number of fused-ring (bicyclic) bond motifs is 3. The Morgan fingerprint density at radius 3 is 2.71 bits per heavy atom. The number of H-pyrrole nitrogens is 1. The summed E-state index contributed by atoms with van der Waals surface area (Å²) in [7, 11) is 0. The third-order valence-electron chi connectivity index (χ3n) is 6.18. The van der Waals surface area contributed by atoms with Gasteiger partial charge in [0.2, 0.25) is 0 Å². The van der Waals surface area contributed by atoms with Crippen LogP contribution in [0.4, 0.5) is 11.5 Å². The van der Waals surface area contributed by atoms with Crippen LogP contribution in [0.3, 0.4) is 0 Å². The number of hydrogen-bond acceptors (Lipinski definition) is 5. The van der Waals surface area contributed by atoms with E-state index in [1.165, 1.54) is 15.0 Å². The third kappa shape index (κ3) is 3.45. The lowest BCUT2D eigenvalue weighted by molar-refractivity contribution is 1.08. The Bertz CT molecular complexity index is 1840. The minimum absolute atomic E-state index is 0.688. The van der Waals surface area contributed by atoms with Crippen LogP contribution >= 0.6 is 11.3 Å². The smallest absolute Gasteiger partial charge is 0.164 e. The van der Waals surface area contributed by atoms with Crippen LogP contribution in [-0.2, 0) is 0 Å². The lowest BCUT2D eigenvalue weighted by Crippen LogP contribution is -2.01. The van der Waals surface area contributed by atoms with Crippen molar-refractivity contribution in [3.05, 3.63) is 96.1 Å². The molecule has 3 aromatic carbocycles. The zero-order valence-corrected chi connectivity index (χ0v) is 19.7. The highest BCUT2D eigenvalue weighted by Gasteiger charge is 2.15. The molecule has 0 aliphatic heterocycles. The highest BCUT2D eigenvalue weighted by molar-refractivity contribution is 7.19. The van der Waals surface area contributed by atoms with E-state index in [1.807, 2.05) is 36.5 Å². The molecule has 0 saturated heterocycles. The van der Waals surface area contributed by atoms with Crippen molar-refractivity contribution in [2.24, 2.45) is 0 Å². The van der Waals surface area contributed by atoms with Crippen molar-refractivity contribution in [2.75, 3.05) is 5.32 Å². The highest BCUT2D eigenvalue weighted by atomic mass is 32.1. The van der Waals surface area contributed by atoms with E-state index in [1.54, 1.807) is 11.3 Å². The van der Waals surface area contributed by atoms with Gasteiger partial charge in [0, 0.05) is 38.1 Å². The molecular formula is C28H20N6S. The quantitative estimate of drug-likeness (QED) is 0.283. The normalized spacial score (nSPS) is 11.6.